The number of benzene rings is 2. The van der Waals surface area contributed by atoms with Gasteiger partial charge in [-0.15, -0.1) is 0 Å². The number of carboxylic acid groups (broad SMARTS) is 1. The lowest BCUT2D eigenvalue weighted by molar-refractivity contribution is -0.385. The molecule has 8 heteroatoms. The molecule has 2 rings (SSSR count). The first-order valence-corrected chi connectivity index (χ1v) is 6.12. The predicted molar refractivity (Wildman–Crippen MR) is 79.1 cm³/mol. The number of carbonyl (C=O) groups is 2. The van der Waals surface area contributed by atoms with Gasteiger partial charge < -0.3 is 10.4 Å². The number of para-hydroxylation sites is 1. The van der Waals surface area contributed by atoms with E-state index in [4.69, 9.17) is 5.11 Å². The molecule has 0 spiro atoms. The van der Waals surface area contributed by atoms with Crippen molar-refractivity contribution in [3.63, 3.8) is 0 Å². The Morgan fingerprint density at radius 2 is 1.50 bits per heavy atom. The molecule has 2 aromatic rings. The third kappa shape index (κ3) is 3.57. The Morgan fingerprint density at radius 3 is 2.05 bits per heavy atom. The average Bonchev–Trinajstić information content (AvgIpc) is 2.48. The summed E-state index contributed by atoms with van der Waals surface area (Å²) in [5.74, 6) is -0.619. The largest absolute Gasteiger partial charge is 0.465 e. The van der Waals surface area contributed by atoms with Gasteiger partial charge >= 0.3 is 6.09 Å². The molecule has 0 radical (unpaired) electrons. The molecular formula is C14H11N3O5. The van der Waals surface area contributed by atoms with Gasteiger partial charge in [-0.3, -0.25) is 20.2 Å². The van der Waals surface area contributed by atoms with E-state index in [9.17, 15) is 19.7 Å². The van der Waals surface area contributed by atoms with Crippen LogP contribution >= 0.6 is 0 Å². The van der Waals surface area contributed by atoms with E-state index in [1.807, 2.05) is 0 Å². The number of hydrogen-bond acceptors (Lipinski definition) is 4. The van der Waals surface area contributed by atoms with E-state index in [0.29, 0.717) is 11.4 Å². The Balaban J connectivity index is 2.15. The molecule has 2 aromatic carbocycles. The van der Waals surface area contributed by atoms with Gasteiger partial charge in [0.25, 0.3) is 11.6 Å². The van der Waals surface area contributed by atoms with Crippen LogP contribution in [0.15, 0.2) is 48.5 Å². The van der Waals surface area contributed by atoms with Gasteiger partial charge in [-0.25, -0.2) is 4.79 Å². The number of nitro groups is 1. The highest BCUT2D eigenvalue weighted by Gasteiger charge is 2.19. The van der Waals surface area contributed by atoms with Crippen LogP contribution in [0.3, 0.4) is 0 Å². The summed E-state index contributed by atoms with van der Waals surface area (Å²) < 4.78 is 0. The molecule has 0 bridgehead atoms. The summed E-state index contributed by atoms with van der Waals surface area (Å²) in [6.45, 7) is 0. The van der Waals surface area contributed by atoms with E-state index in [2.05, 4.69) is 10.6 Å². The molecular weight excluding hydrogens is 290 g/mol. The highest BCUT2D eigenvalue weighted by Crippen LogP contribution is 2.20. The van der Waals surface area contributed by atoms with Crippen molar-refractivity contribution < 1.29 is 19.6 Å². The fraction of sp³-hybridized carbons (Fsp3) is 0. The minimum atomic E-state index is -1.20. The summed E-state index contributed by atoms with van der Waals surface area (Å²) in [4.78, 5) is 32.8. The van der Waals surface area contributed by atoms with Crippen LogP contribution in [0.25, 0.3) is 0 Å². The number of amides is 2. The molecule has 22 heavy (non-hydrogen) atoms. The summed E-state index contributed by atoms with van der Waals surface area (Å²) in [7, 11) is 0. The molecule has 0 aromatic heterocycles. The lowest BCUT2D eigenvalue weighted by Crippen LogP contribution is -2.14. The fourth-order valence-electron chi connectivity index (χ4n) is 1.78. The molecule has 112 valence electrons. The number of nitrogens with one attached hydrogen (secondary N) is 2. The maximum absolute atomic E-state index is 12.1. The maximum atomic E-state index is 12.1. The molecule has 0 atom stereocenters. The summed E-state index contributed by atoms with van der Waals surface area (Å²) >= 11 is 0. The lowest BCUT2D eigenvalue weighted by atomic mass is 10.1. The second-order valence-electron chi connectivity index (χ2n) is 4.24. The smallest absolute Gasteiger partial charge is 0.409 e. The first-order valence-electron chi connectivity index (χ1n) is 6.12. The van der Waals surface area contributed by atoms with Crippen LogP contribution in [-0.2, 0) is 0 Å². The summed E-state index contributed by atoms with van der Waals surface area (Å²) in [6.07, 6.45) is -1.20. The van der Waals surface area contributed by atoms with Gasteiger partial charge in [0.05, 0.1) is 4.92 Å². The predicted octanol–water partition coefficient (Wildman–Crippen LogP) is 2.94. The minimum absolute atomic E-state index is 0.0553. The molecule has 0 fully saturated rings. The van der Waals surface area contributed by atoms with Crippen LogP contribution < -0.4 is 10.6 Å². The first-order chi connectivity index (χ1) is 10.5. The Kier molecular flexibility index (Phi) is 4.33. The number of carbonyl (C=O) groups excluding carboxylic acids is 1. The van der Waals surface area contributed by atoms with Crippen LogP contribution in [0.5, 0.6) is 0 Å². The molecule has 0 aliphatic heterocycles. The zero-order chi connectivity index (χ0) is 16.1. The van der Waals surface area contributed by atoms with Crippen molar-refractivity contribution in [3.8, 4) is 0 Å². The van der Waals surface area contributed by atoms with Gasteiger partial charge in [0, 0.05) is 17.4 Å². The van der Waals surface area contributed by atoms with Gasteiger partial charge in [-0.1, -0.05) is 12.1 Å². The van der Waals surface area contributed by atoms with Gasteiger partial charge in [0.15, 0.2) is 0 Å². The van der Waals surface area contributed by atoms with Gasteiger partial charge in [-0.05, 0) is 30.3 Å². The SMILES string of the molecule is O=C(O)Nc1ccc(NC(=O)c2ccccc2[N+](=O)[O-])cc1. The zero-order valence-corrected chi connectivity index (χ0v) is 11.1. The van der Waals surface area contributed by atoms with Crippen LogP contribution in [0, 0.1) is 10.1 Å². The van der Waals surface area contributed by atoms with E-state index >= 15 is 0 Å². The van der Waals surface area contributed by atoms with Gasteiger partial charge in [0.1, 0.15) is 5.56 Å². The van der Waals surface area contributed by atoms with Crippen molar-refractivity contribution in [2.75, 3.05) is 10.6 Å². The van der Waals surface area contributed by atoms with E-state index in [-0.39, 0.29) is 11.3 Å². The van der Waals surface area contributed by atoms with E-state index in [1.54, 1.807) is 0 Å². The molecule has 8 nitrogen and oxygen atoms in total. The molecule has 0 saturated heterocycles. The monoisotopic (exact) mass is 301 g/mol. The second kappa shape index (κ2) is 6.35. The molecule has 0 aliphatic carbocycles. The third-order valence-corrected chi connectivity index (χ3v) is 2.74. The van der Waals surface area contributed by atoms with Crippen LogP contribution in [0.2, 0.25) is 0 Å². The molecule has 0 aliphatic rings. The Bertz CT molecular complexity index is 728. The minimum Gasteiger partial charge on any atom is -0.465 e. The zero-order valence-electron chi connectivity index (χ0n) is 11.1. The van der Waals surface area contributed by atoms with Gasteiger partial charge in [0.2, 0.25) is 0 Å². The Morgan fingerprint density at radius 1 is 0.955 bits per heavy atom. The summed E-state index contributed by atoms with van der Waals surface area (Å²) in [6, 6.07) is 11.5. The topological polar surface area (TPSA) is 122 Å². The summed E-state index contributed by atoms with van der Waals surface area (Å²) in [5.41, 5.74) is 0.389. The van der Waals surface area contributed by atoms with E-state index < -0.39 is 16.9 Å². The fourth-order valence-corrected chi connectivity index (χ4v) is 1.78. The second-order valence-corrected chi connectivity index (χ2v) is 4.24. The summed E-state index contributed by atoms with van der Waals surface area (Å²) in [5, 5.41) is 24.1. The highest BCUT2D eigenvalue weighted by atomic mass is 16.6. The van der Waals surface area contributed by atoms with Gasteiger partial charge in [-0.2, -0.15) is 0 Å². The highest BCUT2D eigenvalue weighted by molar-refractivity contribution is 6.07. The van der Waals surface area contributed by atoms with Crippen molar-refractivity contribution in [2.24, 2.45) is 0 Å². The molecule has 0 heterocycles. The third-order valence-electron chi connectivity index (χ3n) is 2.74. The van der Waals surface area contributed by atoms with Crippen LogP contribution in [0.1, 0.15) is 10.4 Å². The molecule has 2 amide bonds. The van der Waals surface area contributed by atoms with Crippen molar-refractivity contribution in [1.82, 2.24) is 0 Å². The average molecular weight is 301 g/mol. The van der Waals surface area contributed by atoms with Crippen molar-refractivity contribution in [1.29, 1.82) is 0 Å². The number of anilines is 2. The first kappa shape index (κ1) is 15.0. The van der Waals surface area contributed by atoms with Crippen molar-refractivity contribution >= 4 is 29.1 Å². The number of hydrogen-bond donors (Lipinski definition) is 3. The lowest BCUT2D eigenvalue weighted by Gasteiger charge is -2.07. The number of rotatable bonds is 4. The van der Waals surface area contributed by atoms with Crippen molar-refractivity contribution in [3.05, 3.63) is 64.2 Å². The maximum Gasteiger partial charge on any atom is 0.409 e. The normalized spacial score (nSPS) is 9.82. The van der Waals surface area contributed by atoms with E-state index in [0.717, 1.165) is 0 Å². The standard InChI is InChI=1S/C14H11N3O5/c18-13(11-3-1-2-4-12(11)17(21)22)15-9-5-7-10(8-6-9)16-14(19)20/h1-8,16H,(H,15,18)(H,19,20). The van der Waals surface area contributed by atoms with E-state index in [1.165, 1.54) is 48.5 Å². The number of nitro benzene ring substituents is 1. The van der Waals surface area contributed by atoms with Crippen molar-refractivity contribution in [2.45, 2.75) is 0 Å². The van der Waals surface area contributed by atoms with Crippen LogP contribution in [0.4, 0.5) is 21.9 Å². The Hall–Kier alpha value is -3.42. The Labute approximate surface area is 124 Å². The molecule has 0 saturated carbocycles. The quantitative estimate of drug-likeness (QED) is 0.592. The molecule has 3 N–H and O–H groups in total. The molecule has 0 unspecified atom stereocenters. The van der Waals surface area contributed by atoms with Crippen LogP contribution in [-0.4, -0.2) is 22.0 Å². The number of nitrogens with zero attached hydrogens (tertiary/aromatic N) is 1.